The molecule has 0 aliphatic heterocycles. The Balaban J connectivity index is 2.51. The lowest BCUT2D eigenvalue weighted by Crippen LogP contribution is -2.26. The number of amides is 1. The molecule has 0 bridgehead atoms. The highest BCUT2D eigenvalue weighted by Gasteiger charge is 2.08. The summed E-state index contributed by atoms with van der Waals surface area (Å²) in [6, 6.07) is 7.67. The van der Waals surface area contributed by atoms with Gasteiger partial charge < -0.3 is 10.1 Å². The van der Waals surface area contributed by atoms with Crippen LogP contribution in [0, 0.1) is 0 Å². The van der Waals surface area contributed by atoms with Gasteiger partial charge >= 0.3 is 0 Å². The molecule has 1 rings (SSSR count). The molecule has 1 aromatic carbocycles. The average molecular weight is 256 g/mol. The number of benzene rings is 1. The Hall–Kier alpha value is -1.22. The summed E-state index contributed by atoms with van der Waals surface area (Å²) in [6.45, 7) is 1.96. The fraction of sp³-hybridized carbons (Fsp3) is 0.462. The molecule has 4 heteroatoms. The van der Waals surface area contributed by atoms with Crippen LogP contribution in [0.5, 0.6) is 5.75 Å². The number of ether oxygens (including phenoxy) is 1. The van der Waals surface area contributed by atoms with Gasteiger partial charge in [0.1, 0.15) is 5.75 Å². The average Bonchev–Trinajstić information content (AvgIpc) is 2.36. The first kappa shape index (κ1) is 13.8. The summed E-state index contributed by atoms with van der Waals surface area (Å²) < 4.78 is 5.08. The van der Waals surface area contributed by atoms with Crippen molar-refractivity contribution in [2.45, 2.75) is 25.8 Å². The minimum atomic E-state index is 0.00346. The summed E-state index contributed by atoms with van der Waals surface area (Å²) in [7, 11) is 1.63. The van der Waals surface area contributed by atoms with Gasteiger partial charge in [-0.2, -0.15) is 0 Å². The molecule has 0 unspecified atom stereocenters. The molecular weight excluding hydrogens is 238 g/mol. The van der Waals surface area contributed by atoms with Crippen LogP contribution in [-0.4, -0.2) is 18.9 Å². The fourth-order valence-corrected chi connectivity index (χ4v) is 1.65. The van der Waals surface area contributed by atoms with Gasteiger partial charge in [0.25, 0.3) is 0 Å². The highest BCUT2D eigenvalue weighted by Crippen LogP contribution is 2.17. The topological polar surface area (TPSA) is 38.3 Å². The second-order valence-corrected chi connectivity index (χ2v) is 4.23. The number of carbonyl (C=O) groups excluding carboxylic acids is 1. The van der Waals surface area contributed by atoms with Crippen molar-refractivity contribution in [3.63, 3.8) is 0 Å². The van der Waals surface area contributed by atoms with E-state index in [2.05, 4.69) is 5.32 Å². The van der Waals surface area contributed by atoms with Gasteiger partial charge in [0.2, 0.25) is 5.91 Å². The van der Waals surface area contributed by atoms with Gasteiger partial charge in [-0.15, -0.1) is 11.6 Å². The lowest BCUT2D eigenvalue weighted by Gasteiger charge is -2.14. The Kier molecular flexibility index (Phi) is 5.84. The molecule has 1 amide bonds. The van der Waals surface area contributed by atoms with Crippen LogP contribution < -0.4 is 10.1 Å². The van der Waals surface area contributed by atoms with Crippen LogP contribution >= 0.6 is 11.6 Å². The molecule has 3 nitrogen and oxygen atoms in total. The van der Waals surface area contributed by atoms with E-state index in [0.29, 0.717) is 18.7 Å². The van der Waals surface area contributed by atoms with Crippen LogP contribution in [0.2, 0.25) is 0 Å². The van der Waals surface area contributed by atoms with Crippen molar-refractivity contribution < 1.29 is 9.53 Å². The minimum Gasteiger partial charge on any atom is -0.497 e. The summed E-state index contributed by atoms with van der Waals surface area (Å²) in [4.78, 5) is 11.5. The number of halogens is 1. The molecule has 0 aliphatic rings. The quantitative estimate of drug-likeness (QED) is 0.794. The van der Waals surface area contributed by atoms with E-state index in [4.69, 9.17) is 16.3 Å². The third-order valence-electron chi connectivity index (χ3n) is 2.53. The molecule has 17 heavy (non-hydrogen) atoms. The van der Waals surface area contributed by atoms with E-state index in [1.165, 1.54) is 0 Å². The monoisotopic (exact) mass is 255 g/mol. The number of hydrogen-bond acceptors (Lipinski definition) is 2. The molecule has 0 fully saturated rings. The predicted molar refractivity (Wildman–Crippen MR) is 69.5 cm³/mol. The first-order valence-electron chi connectivity index (χ1n) is 5.66. The van der Waals surface area contributed by atoms with E-state index in [0.717, 1.165) is 11.3 Å². The standard InChI is InChI=1S/C13H18ClNO2/c1-10(15-13(16)4-3-9-14)11-5-7-12(17-2)8-6-11/h5-8,10H,3-4,9H2,1-2H3,(H,15,16)/t10-/m1/s1. The zero-order valence-electron chi connectivity index (χ0n) is 10.2. The summed E-state index contributed by atoms with van der Waals surface area (Å²) in [5.41, 5.74) is 1.06. The Labute approximate surface area is 107 Å². The predicted octanol–water partition coefficient (Wildman–Crippen LogP) is 2.89. The molecule has 0 radical (unpaired) electrons. The van der Waals surface area contributed by atoms with Crippen LogP contribution in [0.4, 0.5) is 0 Å². The van der Waals surface area contributed by atoms with Gasteiger partial charge in [-0.05, 0) is 31.0 Å². The van der Waals surface area contributed by atoms with E-state index < -0.39 is 0 Å². The second-order valence-electron chi connectivity index (χ2n) is 3.85. The highest BCUT2D eigenvalue weighted by molar-refractivity contribution is 6.17. The normalized spacial score (nSPS) is 11.9. The lowest BCUT2D eigenvalue weighted by atomic mass is 10.1. The fourth-order valence-electron chi connectivity index (χ4n) is 1.52. The molecule has 1 N–H and O–H groups in total. The van der Waals surface area contributed by atoms with E-state index in [9.17, 15) is 4.79 Å². The maximum absolute atomic E-state index is 11.5. The number of methoxy groups -OCH3 is 1. The molecular formula is C13H18ClNO2. The van der Waals surface area contributed by atoms with Crippen LogP contribution in [0.25, 0.3) is 0 Å². The number of rotatable bonds is 6. The molecule has 0 aromatic heterocycles. The molecule has 0 saturated heterocycles. The zero-order chi connectivity index (χ0) is 12.7. The number of carbonyl (C=O) groups is 1. The summed E-state index contributed by atoms with van der Waals surface area (Å²) >= 11 is 5.54. The maximum atomic E-state index is 11.5. The van der Waals surface area contributed by atoms with Crippen molar-refractivity contribution in [3.8, 4) is 5.75 Å². The van der Waals surface area contributed by atoms with E-state index in [-0.39, 0.29) is 11.9 Å². The van der Waals surface area contributed by atoms with Crippen molar-refractivity contribution in [3.05, 3.63) is 29.8 Å². The molecule has 0 spiro atoms. The summed E-state index contributed by atoms with van der Waals surface area (Å²) in [5, 5.41) is 2.93. The van der Waals surface area contributed by atoms with Gasteiger partial charge in [-0.25, -0.2) is 0 Å². The highest BCUT2D eigenvalue weighted by atomic mass is 35.5. The van der Waals surface area contributed by atoms with Crippen molar-refractivity contribution >= 4 is 17.5 Å². The van der Waals surface area contributed by atoms with Crippen LogP contribution in [-0.2, 0) is 4.79 Å². The molecule has 0 aliphatic carbocycles. The number of alkyl halides is 1. The van der Waals surface area contributed by atoms with Crippen molar-refractivity contribution in [1.29, 1.82) is 0 Å². The van der Waals surface area contributed by atoms with Gasteiger partial charge in [-0.3, -0.25) is 4.79 Å². The van der Waals surface area contributed by atoms with E-state index in [1.54, 1.807) is 7.11 Å². The van der Waals surface area contributed by atoms with Crippen LogP contribution in [0.3, 0.4) is 0 Å². The molecule has 1 aromatic rings. The van der Waals surface area contributed by atoms with Gasteiger partial charge in [-0.1, -0.05) is 12.1 Å². The Morgan fingerprint density at radius 2 is 2.06 bits per heavy atom. The van der Waals surface area contributed by atoms with Gasteiger partial charge in [0.15, 0.2) is 0 Å². The molecule has 94 valence electrons. The maximum Gasteiger partial charge on any atom is 0.220 e. The van der Waals surface area contributed by atoms with Crippen molar-refractivity contribution in [2.24, 2.45) is 0 Å². The Morgan fingerprint density at radius 1 is 1.41 bits per heavy atom. The Bertz CT molecular complexity index is 351. The molecule has 1 atom stereocenters. The first-order chi connectivity index (χ1) is 8.17. The van der Waals surface area contributed by atoms with Crippen LogP contribution in [0.15, 0.2) is 24.3 Å². The van der Waals surface area contributed by atoms with E-state index >= 15 is 0 Å². The number of nitrogens with one attached hydrogen (secondary N) is 1. The summed E-state index contributed by atoms with van der Waals surface area (Å²) in [6.07, 6.45) is 1.19. The van der Waals surface area contributed by atoms with Gasteiger partial charge in [0.05, 0.1) is 13.2 Å². The third-order valence-corrected chi connectivity index (χ3v) is 2.80. The summed E-state index contributed by atoms with van der Waals surface area (Å²) in [5.74, 6) is 1.37. The van der Waals surface area contributed by atoms with Crippen molar-refractivity contribution in [1.82, 2.24) is 5.32 Å². The van der Waals surface area contributed by atoms with Crippen molar-refractivity contribution in [2.75, 3.05) is 13.0 Å². The number of hydrogen-bond donors (Lipinski definition) is 1. The van der Waals surface area contributed by atoms with E-state index in [1.807, 2.05) is 31.2 Å². The first-order valence-corrected chi connectivity index (χ1v) is 6.20. The SMILES string of the molecule is COc1ccc([C@@H](C)NC(=O)CCCCl)cc1. The lowest BCUT2D eigenvalue weighted by molar-refractivity contribution is -0.121. The Morgan fingerprint density at radius 3 is 2.59 bits per heavy atom. The minimum absolute atomic E-state index is 0.00346. The zero-order valence-corrected chi connectivity index (χ0v) is 11.0. The second kappa shape index (κ2) is 7.17. The third kappa shape index (κ3) is 4.65. The smallest absolute Gasteiger partial charge is 0.220 e. The molecule has 0 heterocycles. The van der Waals surface area contributed by atoms with Gasteiger partial charge in [0, 0.05) is 12.3 Å². The molecule has 0 saturated carbocycles. The van der Waals surface area contributed by atoms with Crippen LogP contribution in [0.1, 0.15) is 31.4 Å². The largest absolute Gasteiger partial charge is 0.497 e.